The third-order valence-electron chi connectivity index (χ3n) is 4.56. The van der Waals surface area contributed by atoms with E-state index in [1.54, 1.807) is 26.4 Å². The van der Waals surface area contributed by atoms with Crippen molar-refractivity contribution in [1.82, 2.24) is 5.43 Å². The molecule has 7 nitrogen and oxygen atoms in total. The number of phenols is 1. The number of nitrogens with one attached hydrogen (secondary N) is 1. The van der Waals surface area contributed by atoms with Gasteiger partial charge in [-0.25, -0.2) is 5.43 Å². The van der Waals surface area contributed by atoms with E-state index in [9.17, 15) is 9.90 Å². The van der Waals surface area contributed by atoms with Crippen LogP contribution in [0.1, 0.15) is 28.8 Å². The van der Waals surface area contributed by atoms with E-state index >= 15 is 0 Å². The molecule has 0 unspecified atom stereocenters. The lowest BCUT2D eigenvalue weighted by Crippen LogP contribution is -2.19. The van der Waals surface area contributed by atoms with Gasteiger partial charge in [-0.05, 0) is 59.7 Å². The molecule has 2 aromatic carbocycles. The van der Waals surface area contributed by atoms with Crippen LogP contribution < -0.4 is 19.8 Å². The zero-order valence-electron chi connectivity index (χ0n) is 15.7. The Morgan fingerprint density at radius 3 is 2.54 bits per heavy atom. The van der Waals surface area contributed by atoms with Gasteiger partial charge in [0, 0.05) is 30.3 Å². The van der Waals surface area contributed by atoms with Gasteiger partial charge in [-0.15, -0.1) is 0 Å². The summed E-state index contributed by atoms with van der Waals surface area (Å²) < 4.78 is 11.7. The highest BCUT2D eigenvalue weighted by Crippen LogP contribution is 2.36. The summed E-state index contributed by atoms with van der Waals surface area (Å²) in [6.45, 7) is 1.98. The summed E-state index contributed by atoms with van der Waals surface area (Å²) in [6.07, 6.45) is 3.84. The van der Waals surface area contributed by atoms with Crippen molar-refractivity contribution in [2.24, 2.45) is 5.10 Å². The Bertz CT molecular complexity index is 895. The maximum absolute atomic E-state index is 12.2. The van der Waals surface area contributed by atoms with Gasteiger partial charge in [0.05, 0.1) is 29.7 Å². The Balaban J connectivity index is 1.78. The molecule has 1 fully saturated rings. The number of amides is 1. The topological polar surface area (TPSA) is 83.4 Å². The number of anilines is 1. The van der Waals surface area contributed by atoms with Crippen molar-refractivity contribution in [2.75, 3.05) is 32.2 Å². The van der Waals surface area contributed by atoms with Crippen molar-refractivity contribution in [1.29, 1.82) is 0 Å². The molecule has 2 aromatic rings. The van der Waals surface area contributed by atoms with Gasteiger partial charge in [0.2, 0.25) is 0 Å². The van der Waals surface area contributed by atoms with Gasteiger partial charge in [-0.2, -0.15) is 5.10 Å². The van der Waals surface area contributed by atoms with Crippen molar-refractivity contribution in [3.8, 4) is 17.2 Å². The number of hydrazone groups is 1. The highest BCUT2D eigenvalue weighted by molar-refractivity contribution is 14.1. The number of benzene rings is 2. The zero-order valence-corrected chi connectivity index (χ0v) is 17.9. The van der Waals surface area contributed by atoms with Crippen molar-refractivity contribution in [3.63, 3.8) is 0 Å². The molecule has 0 aromatic heterocycles. The zero-order chi connectivity index (χ0) is 20.1. The van der Waals surface area contributed by atoms with E-state index in [2.05, 4.69) is 15.4 Å². The average Bonchev–Trinajstić information content (AvgIpc) is 3.24. The van der Waals surface area contributed by atoms with E-state index in [-0.39, 0.29) is 5.75 Å². The van der Waals surface area contributed by atoms with E-state index in [1.807, 2.05) is 34.7 Å². The smallest absolute Gasteiger partial charge is 0.271 e. The number of carbonyl (C=O) groups is 1. The summed E-state index contributed by atoms with van der Waals surface area (Å²) in [5.74, 6) is 1.02. The molecule has 0 spiro atoms. The quantitative estimate of drug-likeness (QED) is 0.365. The minimum Gasteiger partial charge on any atom is -0.507 e. The summed E-state index contributed by atoms with van der Waals surface area (Å²) in [5.41, 5.74) is 4.47. The highest BCUT2D eigenvalue weighted by Gasteiger charge is 2.19. The maximum Gasteiger partial charge on any atom is 0.271 e. The maximum atomic E-state index is 12.2. The average molecular weight is 495 g/mol. The monoisotopic (exact) mass is 495 g/mol. The predicted molar refractivity (Wildman–Crippen MR) is 117 cm³/mol. The molecule has 28 heavy (non-hydrogen) atoms. The molecule has 148 valence electrons. The third-order valence-corrected chi connectivity index (χ3v) is 5.47. The van der Waals surface area contributed by atoms with Crippen LogP contribution >= 0.6 is 22.6 Å². The Morgan fingerprint density at radius 2 is 1.89 bits per heavy atom. The first-order chi connectivity index (χ1) is 13.5. The van der Waals surface area contributed by atoms with Crippen molar-refractivity contribution >= 4 is 40.4 Å². The van der Waals surface area contributed by atoms with E-state index in [0.29, 0.717) is 20.4 Å². The lowest BCUT2D eigenvalue weighted by atomic mass is 10.1. The lowest BCUT2D eigenvalue weighted by Gasteiger charge is -2.22. The Kier molecular flexibility index (Phi) is 6.61. The van der Waals surface area contributed by atoms with Crippen LogP contribution in [0.3, 0.4) is 0 Å². The molecule has 2 N–H and O–H groups in total. The SMILES string of the molecule is COc1cc(N2CCCC2)c(OC)cc1/C=N\NC(=O)c1ccc(I)c(O)c1. The van der Waals surface area contributed by atoms with Crippen molar-refractivity contribution < 1.29 is 19.4 Å². The first-order valence-corrected chi connectivity index (χ1v) is 9.94. The molecular weight excluding hydrogens is 473 g/mol. The molecule has 1 saturated heterocycles. The van der Waals surface area contributed by atoms with E-state index in [0.717, 1.165) is 37.4 Å². The largest absolute Gasteiger partial charge is 0.507 e. The van der Waals surface area contributed by atoms with Crippen LogP contribution in [0.2, 0.25) is 0 Å². The van der Waals surface area contributed by atoms with Gasteiger partial charge in [0.25, 0.3) is 5.91 Å². The summed E-state index contributed by atoms with van der Waals surface area (Å²) in [6, 6.07) is 8.48. The Morgan fingerprint density at radius 1 is 1.18 bits per heavy atom. The fraction of sp³-hybridized carbons (Fsp3) is 0.300. The van der Waals surface area contributed by atoms with E-state index in [1.165, 1.54) is 12.3 Å². The number of ether oxygens (including phenoxy) is 2. The van der Waals surface area contributed by atoms with E-state index in [4.69, 9.17) is 9.47 Å². The second-order valence-corrected chi connectivity index (χ2v) is 7.49. The van der Waals surface area contributed by atoms with Crippen LogP contribution in [0.25, 0.3) is 0 Å². The summed E-state index contributed by atoms with van der Waals surface area (Å²) in [5, 5.41) is 13.8. The van der Waals surface area contributed by atoms with Crippen LogP contribution in [0.4, 0.5) is 5.69 Å². The van der Waals surface area contributed by atoms with Gasteiger partial charge in [0.15, 0.2) is 0 Å². The number of hydrogen-bond donors (Lipinski definition) is 2. The second-order valence-electron chi connectivity index (χ2n) is 6.33. The fourth-order valence-electron chi connectivity index (χ4n) is 3.09. The standard InChI is InChI=1S/C20H22IN3O4/c1-27-18-11-16(24-7-3-4-8-24)19(28-2)10-14(18)12-22-23-20(26)13-5-6-15(21)17(25)9-13/h5-6,9-12,25H,3-4,7-8H2,1-2H3,(H,23,26)/b22-12-. The summed E-state index contributed by atoms with van der Waals surface area (Å²) in [4.78, 5) is 14.5. The highest BCUT2D eigenvalue weighted by atomic mass is 127. The number of aromatic hydroxyl groups is 1. The fourth-order valence-corrected chi connectivity index (χ4v) is 3.43. The first kappa shape index (κ1) is 20.2. The number of carbonyl (C=O) groups excluding carboxylic acids is 1. The number of hydrogen-bond acceptors (Lipinski definition) is 6. The van der Waals surface area contributed by atoms with Gasteiger partial charge >= 0.3 is 0 Å². The van der Waals surface area contributed by atoms with Crippen LogP contribution in [-0.4, -0.2) is 44.5 Å². The van der Waals surface area contributed by atoms with Gasteiger partial charge in [-0.1, -0.05) is 0 Å². The Hall–Kier alpha value is -2.49. The molecular formula is C20H22IN3O4. The van der Waals surface area contributed by atoms with Crippen LogP contribution in [0.15, 0.2) is 35.4 Å². The second kappa shape index (κ2) is 9.13. The number of halogens is 1. The van der Waals surface area contributed by atoms with Crippen LogP contribution in [0.5, 0.6) is 17.2 Å². The number of phenolic OH excluding ortho intramolecular Hbond substituents is 1. The number of nitrogens with zero attached hydrogens (tertiary/aromatic N) is 2. The summed E-state index contributed by atoms with van der Waals surface area (Å²) >= 11 is 1.99. The van der Waals surface area contributed by atoms with Crippen molar-refractivity contribution in [2.45, 2.75) is 12.8 Å². The lowest BCUT2D eigenvalue weighted by molar-refractivity contribution is 0.0954. The van der Waals surface area contributed by atoms with Gasteiger partial charge < -0.3 is 19.5 Å². The third kappa shape index (κ3) is 4.49. The molecule has 1 aliphatic rings. The molecule has 1 heterocycles. The molecule has 0 aliphatic carbocycles. The van der Waals surface area contributed by atoms with Gasteiger partial charge in [-0.3, -0.25) is 4.79 Å². The molecule has 0 bridgehead atoms. The number of rotatable bonds is 6. The minimum atomic E-state index is -0.414. The van der Waals surface area contributed by atoms with Crippen LogP contribution in [0, 0.1) is 3.57 Å². The molecule has 0 atom stereocenters. The van der Waals surface area contributed by atoms with Gasteiger partial charge in [0.1, 0.15) is 17.2 Å². The van der Waals surface area contributed by atoms with Crippen molar-refractivity contribution in [3.05, 3.63) is 45.0 Å². The minimum absolute atomic E-state index is 0.0566. The first-order valence-electron chi connectivity index (χ1n) is 8.86. The van der Waals surface area contributed by atoms with E-state index < -0.39 is 5.91 Å². The predicted octanol–water partition coefficient (Wildman–Crippen LogP) is 3.38. The molecule has 1 amide bonds. The number of methoxy groups -OCH3 is 2. The molecule has 8 heteroatoms. The molecule has 0 saturated carbocycles. The van der Waals surface area contributed by atoms with Crippen LogP contribution in [-0.2, 0) is 0 Å². The summed E-state index contributed by atoms with van der Waals surface area (Å²) in [7, 11) is 3.23. The normalized spacial score (nSPS) is 13.8. The molecule has 1 aliphatic heterocycles. The molecule has 3 rings (SSSR count). The Labute approximate surface area is 177 Å². The molecule has 0 radical (unpaired) electrons.